The summed E-state index contributed by atoms with van der Waals surface area (Å²) in [5, 5.41) is 10.8. The van der Waals surface area contributed by atoms with Crippen molar-refractivity contribution >= 4 is 22.4 Å². The number of halogens is 3. The number of hydrogen-bond acceptors (Lipinski definition) is 3. The van der Waals surface area contributed by atoms with Crippen molar-refractivity contribution in [3.8, 4) is 0 Å². The topological polar surface area (TPSA) is 76.0 Å². The fraction of sp³-hybridized carbons (Fsp3) is 0.182. The number of nitrogens with zero attached hydrogens (tertiary/aromatic N) is 1. The van der Waals surface area contributed by atoms with Crippen LogP contribution in [-0.4, -0.2) is 21.9 Å². The number of nitro benzene ring substituents is 1. The number of fused-ring (bicyclic) bond motifs is 1. The molecule has 100 valence electrons. The first kappa shape index (κ1) is 13.1. The first-order chi connectivity index (χ1) is 8.78. The highest BCUT2D eigenvalue weighted by Gasteiger charge is 2.32. The molecular weight excluding hydrogens is 265 g/mol. The Morgan fingerprint density at radius 3 is 2.63 bits per heavy atom. The van der Waals surface area contributed by atoms with Gasteiger partial charge in [-0.15, -0.1) is 0 Å². The fourth-order valence-electron chi connectivity index (χ4n) is 1.74. The highest BCUT2D eigenvalue weighted by Crippen LogP contribution is 2.27. The normalized spacial score (nSPS) is 11.7. The van der Waals surface area contributed by atoms with E-state index in [0.717, 1.165) is 12.3 Å². The molecule has 0 aliphatic rings. The summed E-state index contributed by atoms with van der Waals surface area (Å²) in [5.41, 5.74) is -0.0777. The fourth-order valence-corrected chi connectivity index (χ4v) is 1.74. The average Bonchev–Trinajstić information content (AvgIpc) is 2.68. The summed E-state index contributed by atoms with van der Waals surface area (Å²) >= 11 is 0. The molecule has 2 rings (SSSR count). The molecule has 0 saturated heterocycles. The molecule has 0 atom stereocenters. The molecule has 0 unspecified atom stereocenters. The van der Waals surface area contributed by atoms with E-state index in [9.17, 15) is 28.1 Å². The number of ketones is 1. The van der Waals surface area contributed by atoms with Gasteiger partial charge in [0.2, 0.25) is 0 Å². The molecule has 1 aromatic carbocycles. The number of hydrogen-bond donors (Lipinski definition) is 1. The van der Waals surface area contributed by atoms with Gasteiger partial charge < -0.3 is 4.98 Å². The predicted octanol–water partition coefficient (Wildman–Crippen LogP) is 3.21. The number of benzene rings is 1. The summed E-state index contributed by atoms with van der Waals surface area (Å²) in [4.78, 5) is 24.0. The van der Waals surface area contributed by atoms with Crippen LogP contribution in [0.4, 0.5) is 18.9 Å². The number of H-pyrrole nitrogens is 1. The Morgan fingerprint density at radius 1 is 1.37 bits per heavy atom. The van der Waals surface area contributed by atoms with Crippen molar-refractivity contribution in [3.05, 3.63) is 40.1 Å². The summed E-state index contributed by atoms with van der Waals surface area (Å²) in [6, 6.07) is 3.56. The summed E-state index contributed by atoms with van der Waals surface area (Å²) in [7, 11) is 0. The van der Waals surface area contributed by atoms with Gasteiger partial charge in [0.25, 0.3) is 5.69 Å². The van der Waals surface area contributed by atoms with Gasteiger partial charge in [0.1, 0.15) is 6.42 Å². The van der Waals surface area contributed by atoms with Crippen LogP contribution in [0, 0.1) is 10.1 Å². The van der Waals surface area contributed by atoms with E-state index in [1.54, 1.807) is 0 Å². The van der Waals surface area contributed by atoms with Crippen LogP contribution in [0.25, 0.3) is 10.9 Å². The second kappa shape index (κ2) is 4.38. The number of aromatic nitrogens is 1. The van der Waals surface area contributed by atoms with Crippen molar-refractivity contribution in [3.63, 3.8) is 0 Å². The minimum Gasteiger partial charge on any atom is -0.360 e. The minimum absolute atomic E-state index is 0.123. The molecule has 0 aliphatic carbocycles. The van der Waals surface area contributed by atoms with Gasteiger partial charge in [-0.05, 0) is 6.07 Å². The molecule has 1 heterocycles. The monoisotopic (exact) mass is 272 g/mol. The Kier molecular flexibility index (Phi) is 3.01. The molecule has 1 N–H and O–H groups in total. The highest BCUT2D eigenvalue weighted by molar-refractivity contribution is 6.08. The lowest BCUT2D eigenvalue weighted by Gasteiger charge is -2.04. The Morgan fingerprint density at radius 2 is 2.05 bits per heavy atom. The second-order valence-corrected chi connectivity index (χ2v) is 3.90. The number of aromatic amines is 1. The van der Waals surface area contributed by atoms with Gasteiger partial charge in [-0.3, -0.25) is 14.9 Å². The zero-order valence-corrected chi connectivity index (χ0v) is 9.32. The summed E-state index contributed by atoms with van der Waals surface area (Å²) in [6.07, 6.45) is -5.01. The molecule has 0 saturated carbocycles. The van der Waals surface area contributed by atoms with Crippen LogP contribution in [0.3, 0.4) is 0 Å². The minimum atomic E-state index is -4.58. The zero-order chi connectivity index (χ0) is 14.2. The van der Waals surface area contributed by atoms with Gasteiger partial charge in [0.15, 0.2) is 5.78 Å². The molecular formula is C11H7F3N2O3. The molecule has 0 bridgehead atoms. The molecule has 19 heavy (non-hydrogen) atoms. The average molecular weight is 272 g/mol. The van der Waals surface area contributed by atoms with E-state index < -0.39 is 23.3 Å². The van der Waals surface area contributed by atoms with E-state index in [0.29, 0.717) is 0 Å². The lowest BCUT2D eigenvalue weighted by atomic mass is 10.1. The summed E-state index contributed by atoms with van der Waals surface area (Å²) in [5.74, 6) is -1.08. The summed E-state index contributed by atoms with van der Waals surface area (Å²) < 4.78 is 36.4. The Labute approximate surface area is 104 Å². The molecule has 1 aromatic heterocycles. The van der Waals surface area contributed by atoms with E-state index in [1.165, 1.54) is 12.1 Å². The number of alkyl halides is 3. The number of non-ortho nitro benzene ring substituents is 1. The van der Waals surface area contributed by atoms with Gasteiger partial charge in [-0.1, -0.05) is 0 Å². The van der Waals surface area contributed by atoms with Crippen LogP contribution in [0.2, 0.25) is 0 Å². The largest absolute Gasteiger partial charge is 0.396 e. The highest BCUT2D eigenvalue weighted by atomic mass is 19.4. The third-order valence-electron chi connectivity index (χ3n) is 2.54. The van der Waals surface area contributed by atoms with Crippen LogP contribution in [0.5, 0.6) is 0 Å². The number of carbonyl (C=O) groups excluding carboxylic acids is 1. The molecule has 2 aromatic rings. The molecule has 0 fully saturated rings. The third-order valence-corrected chi connectivity index (χ3v) is 2.54. The van der Waals surface area contributed by atoms with Gasteiger partial charge >= 0.3 is 6.18 Å². The molecule has 8 heteroatoms. The van der Waals surface area contributed by atoms with Crippen LogP contribution in [-0.2, 0) is 0 Å². The molecule has 0 aliphatic heterocycles. The molecule has 5 nitrogen and oxygen atoms in total. The van der Waals surface area contributed by atoms with Gasteiger partial charge in [-0.25, -0.2) is 0 Å². The maximum Gasteiger partial charge on any atom is 0.396 e. The van der Waals surface area contributed by atoms with E-state index in [-0.39, 0.29) is 22.2 Å². The SMILES string of the molecule is O=C(CC(F)(F)F)c1c[nH]c2cc([N+](=O)[O-])ccc12. The predicted molar refractivity (Wildman–Crippen MR) is 60.0 cm³/mol. The first-order valence-electron chi connectivity index (χ1n) is 5.13. The maximum atomic E-state index is 12.1. The standard InChI is InChI=1S/C11H7F3N2O3/c12-11(13,14)4-10(17)8-5-15-9-3-6(16(18)19)1-2-7(8)9/h1-3,5,15H,4H2. The molecule has 0 spiro atoms. The first-order valence-corrected chi connectivity index (χ1v) is 5.13. The molecule has 0 radical (unpaired) electrons. The number of Topliss-reactive ketones (excluding diaryl/α,β-unsaturated/α-hetero) is 1. The van der Waals surface area contributed by atoms with E-state index in [2.05, 4.69) is 4.98 Å². The van der Waals surface area contributed by atoms with Gasteiger partial charge in [-0.2, -0.15) is 13.2 Å². The van der Waals surface area contributed by atoms with Crippen molar-refractivity contribution in [1.29, 1.82) is 0 Å². The Balaban J connectivity index is 2.41. The van der Waals surface area contributed by atoms with Crippen LogP contribution < -0.4 is 0 Å². The number of rotatable bonds is 3. The van der Waals surface area contributed by atoms with Crippen LogP contribution in [0.1, 0.15) is 16.8 Å². The number of carbonyl (C=O) groups is 1. The van der Waals surface area contributed by atoms with E-state index in [4.69, 9.17) is 0 Å². The van der Waals surface area contributed by atoms with Crippen molar-refractivity contribution < 1.29 is 22.9 Å². The molecule has 0 amide bonds. The van der Waals surface area contributed by atoms with Crippen molar-refractivity contribution in [1.82, 2.24) is 4.98 Å². The van der Waals surface area contributed by atoms with Crippen LogP contribution >= 0.6 is 0 Å². The Hall–Kier alpha value is -2.38. The quantitative estimate of drug-likeness (QED) is 0.529. The smallest absolute Gasteiger partial charge is 0.360 e. The van der Waals surface area contributed by atoms with E-state index in [1.807, 2.05) is 0 Å². The second-order valence-electron chi connectivity index (χ2n) is 3.90. The van der Waals surface area contributed by atoms with Crippen LogP contribution in [0.15, 0.2) is 24.4 Å². The summed E-state index contributed by atoms with van der Waals surface area (Å²) in [6.45, 7) is 0. The Bertz CT molecular complexity index is 661. The van der Waals surface area contributed by atoms with Crippen molar-refractivity contribution in [2.24, 2.45) is 0 Å². The lowest BCUT2D eigenvalue weighted by molar-refractivity contribution is -0.384. The van der Waals surface area contributed by atoms with Gasteiger partial charge in [0, 0.05) is 29.3 Å². The number of nitro groups is 1. The zero-order valence-electron chi connectivity index (χ0n) is 9.32. The lowest BCUT2D eigenvalue weighted by Crippen LogP contribution is -2.14. The maximum absolute atomic E-state index is 12.1. The van der Waals surface area contributed by atoms with Crippen molar-refractivity contribution in [2.75, 3.05) is 0 Å². The van der Waals surface area contributed by atoms with E-state index >= 15 is 0 Å². The number of nitrogens with one attached hydrogen (secondary N) is 1. The van der Waals surface area contributed by atoms with Crippen molar-refractivity contribution in [2.45, 2.75) is 12.6 Å². The van der Waals surface area contributed by atoms with Gasteiger partial charge in [0.05, 0.1) is 10.4 Å². The third kappa shape index (κ3) is 2.72.